The molecule has 114 valence electrons. The van der Waals surface area contributed by atoms with Crippen LogP contribution in [0, 0.1) is 5.92 Å². The lowest BCUT2D eigenvalue weighted by atomic mass is 9.78. The molecule has 1 saturated heterocycles. The standard InChI is InChI=1S/C17H25N3O/c1-19-17(21)14-9-8-13(18)11-16(14)20-10-4-6-12-5-2-3-7-15(12)20/h8-9,11-12,15H,2-7,10,18H2,1H3,(H,19,21)/t12-,15-/m1/s1. The molecule has 4 heteroatoms. The van der Waals surface area contributed by atoms with E-state index in [1.54, 1.807) is 7.05 Å². The zero-order chi connectivity index (χ0) is 14.8. The predicted octanol–water partition coefficient (Wildman–Crippen LogP) is 2.79. The van der Waals surface area contributed by atoms with Gasteiger partial charge in [0.25, 0.3) is 5.91 Å². The lowest BCUT2D eigenvalue weighted by Crippen LogP contribution is -2.47. The van der Waals surface area contributed by atoms with Crippen LogP contribution in [0.25, 0.3) is 0 Å². The minimum Gasteiger partial charge on any atom is -0.399 e. The second-order valence-electron chi connectivity index (χ2n) is 6.30. The van der Waals surface area contributed by atoms with E-state index in [0.717, 1.165) is 29.4 Å². The number of fused-ring (bicyclic) bond motifs is 1. The average molecular weight is 287 g/mol. The molecular formula is C17H25N3O. The monoisotopic (exact) mass is 287 g/mol. The van der Waals surface area contributed by atoms with Gasteiger partial charge >= 0.3 is 0 Å². The second-order valence-corrected chi connectivity index (χ2v) is 6.30. The molecule has 2 fully saturated rings. The van der Waals surface area contributed by atoms with Gasteiger partial charge in [-0.2, -0.15) is 0 Å². The summed E-state index contributed by atoms with van der Waals surface area (Å²) in [5, 5.41) is 2.75. The van der Waals surface area contributed by atoms with Crippen LogP contribution in [0.5, 0.6) is 0 Å². The van der Waals surface area contributed by atoms with Crippen molar-refractivity contribution in [3.8, 4) is 0 Å². The summed E-state index contributed by atoms with van der Waals surface area (Å²) in [5.41, 5.74) is 8.48. The number of nitrogen functional groups attached to an aromatic ring is 1. The number of piperidine rings is 1. The number of anilines is 2. The highest BCUT2D eigenvalue weighted by atomic mass is 16.1. The van der Waals surface area contributed by atoms with E-state index in [1.807, 2.05) is 18.2 Å². The molecule has 1 saturated carbocycles. The Hall–Kier alpha value is -1.71. The fourth-order valence-electron chi connectivity index (χ4n) is 4.04. The zero-order valence-corrected chi connectivity index (χ0v) is 12.8. The van der Waals surface area contributed by atoms with Crippen molar-refractivity contribution in [2.45, 2.75) is 44.6 Å². The number of amides is 1. The first kappa shape index (κ1) is 14.2. The van der Waals surface area contributed by atoms with Gasteiger partial charge in [-0.15, -0.1) is 0 Å². The van der Waals surface area contributed by atoms with Gasteiger partial charge < -0.3 is 16.0 Å². The second kappa shape index (κ2) is 5.96. The number of carbonyl (C=O) groups excluding carboxylic acids is 1. The smallest absolute Gasteiger partial charge is 0.253 e. The van der Waals surface area contributed by atoms with Crippen LogP contribution in [0.15, 0.2) is 18.2 Å². The van der Waals surface area contributed by atoms with Crippen molar-refractivity contribution < 1.29 is 4.79 Å². The van der Waals surface area contributed by atoms with E-state index < -0.39 is 0 Å². The van der Waals surface area contributed by atoms with E-state index in [2.05, 4.69) is 10.2 Å². The summed E-state index contributed by atoms with van der Waals surface area (Å²) >= 11 is 0. The van der Waals surface area contributed by atoms with Gasteiger partial charge in [0.05, 0.1) is 11.3 Å². The Kier molecular flexibility index (Phi) is 4.04. The minimum absolute atomic E-state index is 0.0251. The fraction of sp³-hybridized carbons (Fsp3) is 0.588. The third-order valence-electron chi connectivity index (χ3n) is 5.05. The Morgan fingerprint density at radius 3 is 2.81 bits per heavy atom. The molecule has 0 aromatic heterocycles. The molecule has 1 aliphatic heterocycles. The molecular weight excluding hydrogens is 262 g/mol. The van der Waals surface area contributed by atoms with Crippen molar-refractivity contribution >= 4 is 17.3 Å². The Balaban J connectivity index is 1.97. The molecule has 1 aromatic carbocycles. The first-order valence-electron chi connectivity index (χ1n) is 8.09. The van der Waals surface area contributed by atoms with Gasteiger partial charge in [-0.05, 0) is 49.8 Å². The molecule has 0 radical (unpaired) electrons. The molecule has 1 heterocycles. The molecule has 3 N–H and O–H groups in total. The number of nitrogens with zero attached hydrogens (tertiary/aromatic N) is 1. The lowest BCUT2D eigenvalue weighted by molar-refractivity contribution is 0.0963. The molecule has 3 rings (SSSR count). The summed E-state index contributed by atoms with van der Waals surface area (Å²) in [6.45, 7) is 1.04. The number of hydrogen-bond donors (Lipinski definition) is 2. The highest BCUT2D eigenvalue weighted by Gasteiger charge is 2.34. The van der Waals surface area contributed by atoms with Crippen molar-refractivity contribution in [2.75, 3.05) is 24.2 Å². The Morgan fingerprint density at radius 2 is 2.00 bits per heavy atom. The normalized spacial score (nSPS) is 25.3. The highest BCUT2D eigenvalue weighted by molar-refractivity contribution is 6.00. The lowest BCUT2D eigenvalue weighted by Gasteiger charge is -2.46. The van der Waals surface area contributed by atoms with Crippen molar-refractivity contribution in [1.29, 1.82) is 0 Å². The van der Waals surface area contributed by atoms with Crippen molar-refractivity contribution in [3.63, 3.8) is 0 Å². The van der Waals surface area contributed by atoms with Crippen LogP contribution in [0.1, 0.15) is 48.9 Å². The maximum absolute atomic E-state index is 12.2. The van der Waals surface area contributed by atoms with Gasteiger partial charge in [0, 0.05) is 25.3 Å². The van der Waals surface area contributed by atoms with Crippen LogP contribution in [-0.4, -0.2) is 25.5 Å². The van der Waals surface area contributed by atoms with Crippen molar-refractivity contribution in [3.05, 3.63) is 23.8 Å². The number of nitrogens with one attached hydrogen (secondary N) is 1. The first-order chi connectivity index (χ1) is 10.2. The third-order valence-corrected chi connectivity index (χ3v) is 5.05. The fourth-order valence-corrected chi connectivity index (χ4v) is 4.04. The molecule has 0 bridgehead atoms. The molecule has 4 nitrogen and oxygen atoms in total. The van der Waals surface area contributed by atoms with E-state index in [1.165, 1.54) is 38.5 Å². The van der Waals surface area contributed by atoms with Gasteiger partial charge in [-0.1, -0.05) is 12.8 Å². The van der Waals surface area contributed by atoms with Gasteiger partial charge in [0.2, 0.25) is 0 Å². The summed E-state index contributed by atoms with van der Waals surface area (Å²) in [5.74, 6) is 0.759. The topological polar surface area (TPSA) is 58.4 Å². The average Bonchev–Trinajstić information content (AvgIpc) is 2.53. The summed E-state index contributed by atoms with van der Waals surface area (Å²) < 4.78 is 0. The molecule has 2 aliphatic rings. The number of rotatable bonds is 2. The number of carbonyl (C=O) groups is 1. The number of nitrogens with two attached hydrogens (primary N) is 1. The van der Waals surface area contributed by atoms with Crippen LogP contribution >= 0.6 is 0 Å². The van der Waals surface area contributed by atoms with Gasteiger partial charge in [0.1, 0.15) is 0 Å². The summed E-state index contributed by atoms with van der Waals surface area (Å²) in [7, 11) is 1.68. The molecule has 2 atom stereocenters. The van der Waals surface area contributed by atoms with E-state index in [9.17, 15) is 4.79 Å². The minimum atomic E-state index is -0.0251. The summed E-state index contributed by atoms with van der Waals surface area (Å²) in [4.78, 5) is 14.6. The van der Waals surface area contributed by atoms with Crippen molar-refractivity contribution in [1.82, 2.24) is 5.32 Å². The summed E-state index contributed by atoms with van der Waals surface area (Å²) in [6, 6.07) is 6.23. The Morgan fingerprint density at radius 1 is 1.24 bits per heavy atom. The maximum atomic E-state index is 12.2. The van der Waals surface area contributed by atoms with Crippen LogP contribution < -0.4 is 16.0 Å². The van der Waals surface area contributed by atoms with E-state index in [-0.39, 0.29) is 5.91 Å². The molecule has 1 aromatic rings. The SMILES string of the molecule is CNC(=O)c1ccc(N)cc1N1CCC[C@H]2CCCC[C@H]21. The molecule has 0 unspecified atom stereocenters. The molecule has 1 amide bonds. The molecule has 1 aliphatic carbocycles. The van der Waals surface area contributed by atoms with Gasteiger partial charge in [-0.25, -0.2) is 0 Å². The molecule has 0 spiro atoms. The zero-order valence-electron chi connectivity index (χ0n) is 12.8. The number of hydrogen-bond acceptors (Lipinski definition) is 3. The Labute approximate surface area is 126 Å². The van der Waals surface area contributed by atoms with Crippen LogP contribution in [0.3, 0.4) is 0 Å². The maximum Gasteiger partial charge on any atom is 0.253 e. The van der Waals surface area contributed by atoms with Gasteiger partial charge in [-0.3, -0.25) is 4.79 Å². The van der Waals surface area contributed by atoms with Crippen LogP contribution in [-0.2, 0) is 0 Å². The highest BCUT2D eigenvalue weighted by Crippen LogP contribution is 2.39. The van der Waals surface area contributed by atoms with Gasteiger partial charge in [0.15, 0.2) is 0 Å². The summed E-state index contributed by atoms with van der Waals surface area (Å²) in [6.07, 6.45) is 7.77. The quantitative estimate of drug-likeness (QED) is 0.822. The third kappa shape index (κ3) is 2.71. The van der Waals surface area contributed by atoms with E-state index in [0.29, 0.717) is 6.04 Å². The molecule has 21 heavy (non-hydrogen) atoms. The Bertz CT molecular complexity index is 527. The van der Waals surface area contributed by atoms with Crippen LogP contribution in [0.2, 0.25) is 0 Å². The first-order valence-corrected chi connectivity index (χ1v) is 8.09. The van der Waals surface area contributed by atoms with Crippen molar-refractivity contribution in [2.24, 2.45) is 5.92 Å². The largest absolute Gasteiger partial charge is 0.399 e. The van der Waals surface area contributed by atoms with Crippen LogP contribution in [0.4, 0.5) is 11.4 Å². The predicted molar refractivity (Wildman–Crippen MR) is 86.6 cm³/mol. The van der Waals surface area contributed by atoms with E-state index >= 15 is 0 Å². The van der Waals surface area contributed by atoms with E-state index in [4.69, 9.17) is 5.73 Å². The number of benzene rings is 1.